The van der Waals surface area contributed by atoms with Crippen molar-refractivity contribution in [1.29, 1.82) is 0 Å². The van der Waals surface area contributed by atoms with Gasteiger partial charge in [0, 0.05) is 5.54 Å². The van der Waals surface area contributed by atoms with Crippen LogP contribution < -0.4 is 5.32 Å². The van der Waals surface area contributed by atoms with Crippen molar-refractivity contribution in [3.8, 4) is 0 Å². The van der Waals surface area contributed by atoms with E-state index in [0.717, 1.165) is 44.4 Å². The molecule has 0 saturated carbocycles. The first-order valence-corrected chi connectivity index (χ1v) is 5.40. The van der Waals surface area contributed by atoms with Gasteiger partial charge in [0.15, 0.2) is 0 Å². The van der Waals surface area contributed by atoms with Crippen LogP contribution in [-0.4, -0.2) is 61.2 Å². The molecule has 2 heterocycles. The van der Waals surface area contributed by atoms with Crippen LogP contribution in [-0.2, 0) is 0 Å². The molecule has 2 aliphatic heterocycles. The second-order valence-corrected chi connectivity index (χ2v) is 4.75. The monoisotopic (exact) mass is 217 g/mol. The van der Waals surface area contributed by atoms with Crippen LogP contribution in [0.3, 0.4) is 0 Å². The Labute approximate surface area is 90.3 Å². The zero-order valence-electron chi connectivity index (χ0n) is 8.62. The summed E-state index contributed by atoms with van der Waals surface area (Å²) in [6, 6.07) is 0. The standard InChI is InChI=1S/C9H18ClN4/c1-14(4-2-3-10)8-12-5-11-6-13(7-12)9-14/h2-3,11H,4-9H2,1H3/q+1/b3-2+. The number of halogens is 1. The first-order valence-electron chi connectivity index (χ1n) is 4.96. The Morgan fingerprint density at radius 1 is 1.36 bits per heavy atom. The Morgan fingerprint density at radius 3 is 2.57 bits per heavy atom. The first kappa shape index (κ1) is 10.4. The molecule has 5 heteroatoms. The molecule has 0 aliphatic carbocycles. The summed E-state index contributed by atoms with van der Waals surface area (Å²) in [4.78, 5) is 4.85. The summed E-state index contributed by atoms with van der Waals surface area (Å²) in [5, 5.41) is 3.38. The SMILES string of the molecule is C[N+]1(C/C=C/Cl)CN2CNCN(C2)C1. The van der Waals surface area contributed by atoms with Crippen LogP contribution in [0.25, 0.3) is 0 Å². The Hall–Kier alpha value is -0.130. The minimum absolute atomic E-state index is 1.01. The fourth-order valence-corrected chi connectivity index (χ4v) is 2.44. The van der Waals surface area contributed by atoms with Crippen molar-refractivity contribution in [2.75, 3.05) is 46.9 Å². The van der Waals surface area contributed by atoms with Crippen molar-refractivity contribution in [3.63, 3.8) is 0 Å². The zero-order valence-corrected chi connectivity index (χ0v) is 9.37. The highest BCUT2D eigenvalue weighted by molar-refractivity contribution is 6.25. The molecule has 0 amide bonds. The fraction of sp³-hybridized carbons (Fsp3) is 0.778. The Bertz CT molecular complexity index is 219. The van der Waals surface area contributed by atoms with Gasteiger partial charge < -0.3 is 0 Å². The second-order valence-electron chi connectivity index (χ2n) is 4.50. The van der Waals surface area contributed by atoms with Gasteiger partial charge in [0.2, 0.25) is 0 Å². The quantitative estimate of drug-likeness (QED) is 0.667. The van der Waals surface area contributed by atoms with Crippen molar-refractivity contribution >= 4 is 11.6 Å². The number of fused-ring (bicyclic) bond motifs is 2. The Balaban J connectivity index is 1.99. The van der Waals surface area contributed by atoms with E-state index >= 15 is 0 Å². The summed E-state index contributed by atoms with van der Waals surface area (Å²) >= 11 is 5.57. The van der Waals surface area contributed by atoms with Gasteiger partial charge in [-0.15, -0.1) is 0 Å². The van der Waals surface area contributed by atoms with Crippen molar-refractivity contribution < 1.29 is 4.48 Å². The van der Waals surface area contributed by atoms with E-state index in [1.54, 1.807) is 5.54 Å². The fourth-order valence-electron chi connectivity index (χ4n) is 2.36. The molecule has 80 valence electrons. The summed E-state index contributed by atoms with van der Waals surface area (Å²) in [6.45, 7) is 6.33. The van der Waals surface area contributed by atoms with Crippen LogP contribution in [0.15, 0.2) is 11.6 Å². The smallest absolute Gasteiger partial charge is 0.138 e. The molecule has 2 fully saturated rings. The van der Waals surface area contributed by atoms with Crippen LogP contribution in [0.2, 0.25) is 0 Å². The highest BCUT2D eigenvalue weighted by atomic mass is 35.5. The minimum atomic E-state index is 1.01. The molecule has 1 N–H and O–H groups in total. The summed E-state index contributed by atoms with van der Waals surface area (Å²) in [6.07, 6.45) is 2.04. The van der Waals surface area contributed by atoms with Gasteiger partial charge in [0.25, 0.3) is 0 Å². The summed E-state index contributed by atoms with van der Waals surface area (Å²) in [7, 11) is 2.28. The van der Waals surface area contributed by atoms with Crippen LogP contribution >= 0.6 is 11.6 Å². The number of likely N-dealkylation sites (N-methyl/N-ethyl adjacent to an activating group) is 1. The maximum absolute atomic E-state index is 5.57. The van der Waals surface area contributed by atoms with Crippen LogP contribution in [0.4, 0.5) is 0 Å². The third-order valence-electron chi connectivity index (χ3n) is 2.79. The molecule has 0 aromatic rings. The van der Waals surface area contributed by atoms with Gasteiger partial charge in [-0.3, -0.25) is 9.80 Å². The number of hydrogen-bond donors (Lipinski definition) is 1. The first-order chi connectivity index (χ1) is 6.72. The maximum Gasteiger partial charge on any atom is 0.138 e. The predicted molar refractivity (Wildman–Crippen MR) is 57.2 cm³/mol. The minimum Gasteiger partial charge on any atom is -0.298 e. The molecular weight excluding hydrogens is 200 g/mol. The van der Waals surface area contributed by atoms with Crippen LogP contribution in [0, 0.1) is 0 Å². The lowest BCUT2D eigenvalue weighted by Gasteiger charge is -2.49. The molecule has 2 rings (SSSR count). The van der Waals surface area contributed by atoms with E-state index in [0.29, 0.717) is 0 Å². The maximum atomic E-state index is 5.57. The lowest BCUT2D eigenvalue weighted by molar-refractivity contribution is -0.932. The Kier molecular flexibility index (Phi) is 3.09. The third kappa shape index (κ3) is 2.27. The van der Waals surface area contributed by atoms with Gasteiger partial charge in [-0.1, -0.05) is 11.6 Å². The number of nitrogens with one attached hydrogen (secondary N) is 1. The molecular formula is C9H18ClN4+. The van der Waals surface area contributed by atoms with Crippen LogP contribution in [0.1, 0.15) is 0 Å². The average molecular weight is 218 g/mol. The lowest BCUT2D eigenvalue weighted by atomic mass is 10.4. The number of quaternary nitrogens is 1. The van der Waals surface area contributed by atoms with E-state index in [-0.39, 0.29) is 0 Å². The number of rotatable bonds is 2. The molecule has 2 aliphatic rings. The largest absolute Gasteiger partial charge is 0.298 e. The predicted octanol–water partition coefficient (Wildman–Crippen LogP) is 0.194. The lowest BCUT2D eigenvalue weighted by Crippen LogP contribution is -2.69. The average Bonchev–Trinajstić information content (AvgIpc) is 2.14. The zero-order chi connectivity index (χ0) is 10.0. The van der Waals surface area contributed by atoms with Gasteiger partial charge in [-0.25, -0.2) is 9.80 Å². The van der Waals surface area contributed by atoms with Gasteiger partial charge in [0.05, 0.1) is 27.1 Å². The molecule has 0 aromatic heterocycles. The molecule has 0 aromatic carbocycles. The molecule has 2 atom stereocenters. The molecule has 2 unspecified atom stereocenters. The van der Waals surface area contributed by atoms with Crippen LogP contribution in [0.5, 0.6) is 0 Å². The van der Waals surface area contributed by atoms with E-state index in [1.807, 2.05) is 6.08 Å². The van der Waals surface area contributed by atoms with Crippen molar-refractivity contribution in [2.45, 2.75) is 0 Å². The number of nitrogens with zero attached hydrogens (tertiary/aromatic N) is 3. The highest BCUT2D eigenvalue weighted by Gasteiger charge is 2.35. The number of hydrogen-bond acceptors (Lipinski definition) is 3. The normalized spacial score (nSPS) is 43.0. The summed E-state index contributed by atoms with van der Waals surface area (Å²) < 4.78 is 1.03. The second kappa shape index (κ2) is 4.16. The van der Waals surface area contributed by atoms with E-state index in [9.17, 15) is 0 Å². The van der Waals surface area contributed by atoms with E-state index in [2.05, 4.69) is 22.2 Å². The van der Waals surface area contributed by atoms with E-state index in [1.165, 1.54) is 0 Å². The van der Waals surface area contributed by atoms with Gasteiger partial charge in [-0.2, -0.15) is 0 Å². The van der Waals surface area contributed by atoms with Gasteiger partial charge >= 0.3 is 0 Å². The summed E-state index contributed by atoms with van der Waals surface area (Å²) in [5.41, 5.74) is 1.62. The molecule has 2 bridgehead atoms. The van der Waals surface area contributed by atoms with Crippen molar-refractivity contribution in [2.24, 2.45) is 0 Å². The van der Waals surface area contributed by atoms with E-state index in [4.69, 9.17) is 11.6 Å². The molecule has 4 nitrogen and oxygen atoms in total. The molecule has 0 spiro atoms. The molecule has 14 heavy (non-hydrogen) atoms. The van der Waals surface area contributed by atoms with Gasteiger partial charge in [0.1, 0.15) is 19.9 Å². The highest BCUT2D eigenvalue weighted by Crippen LogP contribution is 2.15. The van der Waals surface area contributed by atoms with E-state index < -0.39 is 0 Å². The van der Waals surface area contributed by atoms with Gasteiger partial charge in [-0.05, 0) is 6.08 Å². The Morgan fingerprint density at radius 2 is 2.00 bits per heavy atom. The van der Waals surface area contributed by atoms with Crippen molar-refractivity contribution in [1.82, 2.24) is 15.1 Å². The molecule has 0 radical (unpaired) electrons. The third-order valence-corrected chi connectivity index (χ3v) is 2.97. The summed E-state index contributed by atoms with van der Waals surface area (Å²) in [5.74, 6) is 0. The van der Waals surface area contributed by atoms with Crippen molar-refractivity contribution in [3.05, 3.63) is 11.6 Å². The molecule has 2 saturated heterocycles. The topological polar surface area (TPSA) is 18.5 Å².